The smallest absolute Gasteiger partial charge is 0.231 e. The topological polar surface area (TPSA) is 63.2 Å². The van der Waals surface area contributed by atoms with Gasteiger partial charge in [0, 0.05) is 6.04 Å². The molecule has 2 unspecified atom stereocenters. The molecule has 2 heterocycles. The van der Waals surface area contributed by atoms with Crippen molar-refractivity contribution in [3.63, 3.8) is 0 Å². The summed E-state index contributed by atoms with van der Waals surface area (Å²) in [7, 11) is 1.82. The van der Waals surface area contributed by atoms with Gasteiger partial charge in [0.25, 0.3) is 0 Å². The highest BCUT2D eigenvalue weighted by Crippen LogP contribution is 2.17. The summed E-state index contributed by atoms with van der Waals surface area (Å²) in [5.74, 6) is -0.235. The summed E-state index contributed by atoms with van der Waals surface area (Å²) in [6, 6.07) is 3.42. The number of carbonyl (C=O) groups excluding carboxylic acids is 1. The first-order chi connectivity index (χ1) is 8.20. The van der Waals surface area contributed by atoms with Gasteiger partial charge in [-0.2, -0.15) is 0 Å². The van der Waals surface area contributed by atoms with Crippen LogP contribution in [0.5, 0.6) is 0 Å². The second-order valence-electron chi connectivity index (χ2n) is 3.90. The Morgan fingerprint density at radius 3 is 3.00 bits per heavy atom. The summed E-state index contributed by atoms with van der Waals surface area (Å²) in [4.78, 5) is 15.9. The van der Waals surface area contributed by atoms with Crippen molar-refractivity contribution in [3.05, 3.63) is 23.5 Å². The Morgan fingerprint density at radius 1 is 1.53 bits per heavy atom. The van der Waals surface area contributed by atoms with Gasteiger partial charge < -0.3 is 15.4 Å². The van der Waals surface area contributed by atoms with E-state index < -0.39 is 0 Å². The highest BCUT2D eigenvalue weighted by Gasteiger charge is 2.32. The zero-order chi connectivity index (χ0) is 12.3. The molecule has 17 heavy (non-hydrogen) atoms. The normalized spacial score (nSPS) is 23.6. The van der Waals surface area contributed by atoms with Crippen LogP contribution in [0.15, 0.2) is 18.3 Å². The minimum absolute atomic E-state index is 0.0639. The maximum absolute atomic E-state index is 12.0. The number of rotatable bonds is 3. The fourth-order valence-corrected chi connectivity index (χ4v) is 1.89. The van der Waals surface area contributed by atoms with E-state index in [-0.39, 0.29) is 17.9 Å². The largest absolute Gasteiger partial charge is 0.379 e. The van der Waals surface area contributed by atoms with E-state index in [9.17, 15) is 4.79 Å². The Kier molecular flexibility index (Phi) is 3.93. The number of aromatic nitrogens is 1. The van der Waals surface area contributed by atoms with Crippen LogP contribution in [-0.4, -0.2) is 37.2 Å². The molecule has 1 aromatic rings. The van der Waals surface area contributed by atoms with Gasteiger partial charge in [-0.15, -0.1) is 0 Å². The van der Waals surface area contributed by atoms with Gasteiger partial charge in [0.2, 0.25) is 5.91 Å². The number of nitrogens with one attached hydrogen (secondary N) is 2. The van der Waals surface area contributed by atoms with Crippen molar-refractivity contribution in [3.8, 4) is 0 Å². The van der Waals surface area contributed by atoms with Crippen LogP contribution in [0.3, 0.4) is 0 Å². The molecule has 92 valence electrons. The third-order valence-electron chi connectivity index (χ3n) is 2.78. The van der Waals surface area contributed by atoms with Crippen LogP contribution < -0.4 is 10.6 Å². The van der Waals surface area contributed by atoms with Crippen molar-refractivity contribution in [2.45, 2.75) is 6.04 Å². The molecule has 0 spiro atoms. The molecule has 5 nitrogen and oxygen atoms in total. The monoisotopic (exact) mass is 255 g/mol. The van der Waals surface area contributed by atoms with Crippen LogP contribution in [0.25, 0.3) is 0 Å². The molecule has 1 saturated heterocycles. The second-order valence-corrected chi connectivity index (χ2v) is 4.29. The van der Waals surface area contributed by atoms with Crippen molar-refractivity contribution >= 4 is 23.2 Å². The van der Waals surface area contributed by atoms with Gasteiger partial charge in [0.05, 0.1) is 31.0 Å². The Balaban J connectivity index is 1.99. The van der Waals surface area contributed by atoms with Crippen molar-refractivity contribution in [2.75, 3.05) is 25.6 Å². The van der Waals surface area contributed by atoms with E-state index in [1.807, 2.05) is 7.05 Å². The highest BCUT2D eigenvalue weighted by atomic mass is 35.5. The van der Waals surface area contributed by atoms with Gasteiger partial charge in [-0.3, -0.25) is 4.79 Å². The lowest BCUT2D eigenvalue weighted by molar-refractivity contribution is -0.120. The first kappa shape index (κ1) is 12.3. The molecular formula is C11H14ClN3O2. The SMILES string of the molecule is CNC1COCC1C(=O)Nc1ccc(Cl)nc1. The number of likely N-dealkylation sites (N-methyl/N-ethyl adjacent to an activating group) is 1. The van der Waals surface area contributed by atoms with Crippen LogP contribution >= 0.6 is 11.6 Å². The summed E-state index contributed by atoms with van der Waals surface area (Å²) >= 11 is 5.67. The summed E-state index contributed by atoms with van der Waals surface area (Å²) < 4.78 is 5.28. The molecule has 1 aliphatic heterocycles. The Labute approximate surface area is 105 Å². The quantitative estimate of drug-likeness (QED) is 0.788. The molecule has 0 aromatic carbocycles. The van der Waals surface area contributed by atoms with Gasteiger partial charge >= 0.3 is 0 Å². The van der Waals surface area contributed by atoms with Crippen molar-refractivity contribution in [1.82, 2.24) is 10.3 Å². The molecular weight excluding hydrogens is 242 g/mol. The van der Waals surface area contributed by atoms with Gasteiger partial charge in [-0.05, 0) is 19.2 Å². The minimum Gasteiger partial charge on any atom is -0.379 e. The van der Waals surface area contributed by atoms with Crippen LogP contribution in [0.4, 0.5) is 5.69 Å². The molecule has 1 fully saturated rings. The number of nitrogens with zero attached hydrogens (tertiary/aromatic N) is 1. The number of anilines is 1. The molecule has 2 N–H and O–H groups in total. The molecule has 0 saturated carbocycles. The predicted octanol–water partition coefficient (Wildman–Crippen LogP) is 0.908. The number of halogens is 1. The molecule has 6 heteroatoms. The number of carbonyl (C=O) groups is 1. The average molecular weight is 256 g/mol. The van der Waals surface area contributed by atoms with E-state index in [1.165, 1.54) is 6.20 Å². The zero-order valence-electron chi connectivity index (χ0n) is 9.44. The average Bonchev–Trinajstić information content (AvgIpc) is 2.80. The summed E-state index contributed by atoms with van der Waals surface area (Å²) in [6.45, 7) is 1.01. The van der Waals surface area contributed by atoms with Gasteiger partial charge in [0.1, 0.15) is 5.15 Å². The number of amides is 1. The second kappa shape index (κ2) is 5.44. The third kappa shape index (κ3) is 2.94. The molecule has 0 bridgehead atoms. The van der Waals surface area contributed by atoms with Gasteiger partial charge in [0.15, 0.2) is 0 Å². The van der Waals surface area contributed by atoms with Crippen LogP contribution in [0.1, 0.15) is 0 Å². The van der Waals surface area contributed by atoms with E-state index in [0.717, 1.165) is 0 Å². The fourth-order valence-electron chi connectivity index (χ4n) is 1.78. The van der Waals surface area contributed by atoms with E-state index in [1.54, 1.807) is 12.1 Å². The lowest BCUT2D eigenvalue weighted by Gasteiger charge is -2.16. The maximum atomic E-state index is 12.0. The van der Waals surface area contributed by atoms with Crippen molar-refractivity contribution < 1.29 is 9.53 Å². The first-order valence-corrected chi connectivity index (χ1v) is 5.76. The van der Waals surface area contributed by atoms with E-state index in [2.05, 4.69) is 15.6 Å². The first-order valence-electron chi connectivity index (χ1n) is 5.38. The number of ether oxygens (including phenoxy) is 1. The van der Waals surface area contributed by atoms with E-state index in [0.29, 0.717) is 24.1 Å². The molecule has 0 radical (unpaired) electrons. The van der Waals surface area contributed by atoms with E-state index >= 15 is 0 Å². The van der Waals surface area contributed by atoms with Crippen molar-refractivity contribution in [1.29, 1.82) is 0 Å². The minimum atomic E-state index is -0.171. The number of hydrogen-bond donors (Lipinski definition) is 2. The molecule has 1 amide bonds. The maximum Gasteiger partial charge on any atom is 0.231 e. The third-order valence-corrected chi connectivity index (χ3v) is 3.01. The highest BCUT2D eigenvalue weighted by molar-refractivity contribution is 6.29. The Bertz CT molecular complexity index is 396. The Morgan fingerprint density at radius 2 is 2.35 bits per heavy atom. The Hall–Kier alpha value is -1.17. The summed E-state index contributed by atoms with van der Waals surface area (Å²) in [5, 5.41) is 6.27. The lowest BCUT2D eigenvalue weighted by Crippen LogP contribution is -2.39. The predicted molar refractivity (Wildman–Crippen MR) is 65.0 cm³/mol. The van der Waals surface area contributed by atoms with Crippen LogP contribution in [0, 0.1) is 5.92 Å². The van der Waals surface area contributed by atoms with Gasteiger partial charge in [-0.1, -0.05) is 11.6 Å². The fraction of sp³-hybridized carbons (Fsp3) is 0.455. The van der Waals surface area contributed by atoms with Crippen LogP contribution in [-0.2, 0) is 9.53 Å². The number of pyridine rings is 1. The zero-order valence-corrected chi connectivity index (χ0v) is 10.2. The molecule has 0 aliphatic carbocycles. The molecule has 2 atom stereocenters. The standard InChI is InChI=1S/C11H14ClN3O2/c1-13-9-6-17-5-8(9)11(16)15-7-2-3-10(12)14-4-7/h2-4,8-9,13H,5-6H2,1H3,(H,15,16). The lowest BCUT2D eigenvalue weighted by atomic mass is 10.0. The summed E-state index contributed by atoms with van der Waals surface area (Å²) in [5.41, 5.74) is 0.640. The van der Waals surface area contributed by atoms with E-state index in [4.69, 9.17) is 16.3 Å². The molecule has 1 aromatic heterocycles. The van der Waals surface area contributed by atoms with Crippen LogP contribution in [0.2, 0.25) is 5.15 Å². The van der Waals surface area contributed by atoms with Crippen molar-refractivity contribution in [2.24, 2.45) is 5.92 Å². The summed E-state index contributed by atoms with van der Waals surface area (Å²) in [6.07, 6.45) is 1.53. The molecule has 2 rings (SSSR count). The number of hydrogen-bond acceptors (Lipinski definition) is 4. The molecule has 1 aliphatic rings. The van der Waals surface area contributed by atoms with Gasteiger partial charge in [-0.25, -0.2) is 4.98 Å².